The van der Waals surface area contributed by atoms with Crippen molar-refractivity contribution in [1.82, 2.24) is 5.32 Å². The predicted octanol–water partition coefficient (Wildman–Crippen LogP) is 8.62. The maximum Gasteiger partial charge on any atom is 0.407 e. The van der Waals surface area contributed by atoms with E-state index in [1.165, 1.54) is 12.0 Å². The lowest BCUT2D eigenvalue weighted by atomic mass is 9.33. The summed E-state index contributed by atoms with van der Waals surface area (Å²) in [5.41, 5.74) is 0.741. The quantitative estimate of drug-likeness (QED) is 0.334. The molecule has 0 bridgehead atoms. The van der Waals surface area contributed by atoms with Crippen molar-refractivity contribution in [2.45, 2.75) is 139 Å². The van der Waals surface area contributed by atoms with Crippen molar-refractivity contribution in [2.75, 3.05) is 0 Å². The van der Waals surface area contributed by atoms with E-state index in [1.807, 2.05) is 20.8 Å². The highest BCUT2D eigenvalue weighted by Crippen LogP contribution is 2.75. The molecule has 0 unspecified atom stereocenters. The molecular weight excluding hydrogens is 498 g/mol. The fourth-order valence-electron chi connectivity index (χ4n) is 11.6. The lowest BCUT2D eigenvalue weighted by Gasteiger charge is -2.71. The maximum absolute atomic E-state index is 12.9. The van der Waals surface area contributed by atoms with Gasteiger partial charge in [0.2, 0.25) is 0 Å². The van der Waals surface area contributed by atoms with Crippen LogP contribution in [0.3, 0.4) is 0 Å². The number of fused-ring (bicyclic) bond motifs is 7. The minimum absolute atomic E-state index is 0.0333. The number of amides is 1. The van der Waals surface area contributed by atoms with Gasteiger partial charge >= 0.3 is 12.1 Å². The summed E-state index contributed by atoms with van der Waals surface area (Å²) >= 11 is 0. The Bertz CT molecular complexity index is 1090. The predicted molar refractivity (Wildman–Crippen MR) is 160 cm³/mol. The lowest BCUT2D eigenvalue weighted by molar-refractivity contribution is -0.193. The van der Waals surface area contributed by atoms with Crippen LogP contribution in [0.2, 0.25) is 0 Å². The van der Waals surface area contributed by atoms with E-state index in [0.717, 1.165) is 51.4 Å². The van der Waals surface area contributed by atoms with Crippen molar-refractivity contribution < 1.29 is 19.4 Å². The van der Waals surface area contributed by atoms with Crippen molar-refractivity contribution >= 4 is 12.1 Å². The van der Waals surface area contributed by atoms with Gasteiger partial charge in [0.05, 0.1) is 5.41 Å². The third-order valence-electron chi connectivity index (χ3n) is 14.1. The first-order valence-electron chi connectivity index (χ1n) is 16.3. The smallest absolute Gasteiger partial charge is 0.407 e. The fraction of sp³-hybridized carbons (Fsp3) is 0.886. The highest BCUT2D eigenvalue weighted by Gasteiger charge is 2.69. The summed E-state index contributed by atoms with van der Waals surface area (Å²) < 4.78 is 5.65. The number of carboxylic acid groups (broad SMARTS) is 1. The molecule has 0 spiro atoms. The zero-order valence-electron chi connectivity index (χ0n) is 27.1. The topological polar surface area (TPSA) is 75.6 Å². The number of ether oxygens (including phenoxy) is 1. The van der Waals surface area contributed by atoms with Gasteiger partial charge in [0, 0.05) is 6.04 Å². The molecule has 0 radical (unpaired) electrons. The van der Waals surface area contributed by atoms with Crippen molar-refractivity contribution in [1.29, 1.82) is 0 Å². The second-order valence-electron chi connectivity index (χ2n) is 17.2. The molecule has 5 heteroatoms. The van der Waals surface area contributed by atoms with Gasteiger partial charge in [0.15, 0.2) is 0 Å². The van der Waals surface area contributed by atoms with Gasteiger partial charge in [-0.05, 0) is 130 Å². The normalized spacial score (nSPS) is 47.9. The van der Waals surface area contributed by atoms with Crippen molar-refractivity contribution in [3.8, 4) is 0 Å². The second kappa shape index (κ2) is 9.24. The Balaban J connectivity index is 1.48. The van der Waals surface area contributed by atoms with E-state index in [2.05, 4.69) is 59.9 Å². The number of carbonyl (C=O) groups excluding carboxylic acids is 1. The minimum atomic E-state index is -0.588. The van der Waals surface area contributed by atoms with E-state index < -0.39 is 17.0 Å². The number of carboxylic acids is 1. The van der Waals surface area contributed by atoms with Crippen LogP contribution in [0.25, 0.3) is 0 Å². The number of carbonyl (C=O) groups is 2. The monoisotopic (exact) mass is 555 g/mol. The zero-order valence-corrected chi connectivity index (χ0v) is 27.1. The first-order valence-corrected chi connectivity index (χ1v) is 16.3. The van der Waals surface area contributed by atoms with E-state index in [-0.39, 0.29) is 39.7 Å². The molecule has 2 N–H and O–H groups in total. The molecule has 4 saturated carbocycles. The molecule has 0 heterocycles. The molecule has 5 nitrogen and oxygen atoms in total. The summed E-state index contributed by atoms with van der Waals surface area (Å²) in [6.07, 6.45) is 11.4. The molecule has 0 aromatic rings. The van der Waals surface area contributed by atoms with Crippen LogP contribution in [0, 0.1) is 56.7 Å². The van der Waals surface area contributed by atoms with Crippen molar-refractivity contribution in [3.05, 3.63) is 11.6 Å². The van der Waals surface area contributed by atoms with Gasteiger partial charge in [-0.15, -0.1) is 0 Å². The van der Waals surface area contributed by atoms with E-state index in [9.17, 15) is 14.7 Å². The number of aliphatic carboxylic acids is 1. The first kappa shape index (κ1) is 30.0. The van der Waals surface area contributed by atoms with Crippen LogP contribution in [0.1, 0.15) is 127 Å². The average molecular weight is 556 g/mol. The number of hydrogen-bond acceptors (Lipinski definition) is 3. The van der Waals surface area contributed by atoms with E-state index in [4.69, 9.17) is 4.74 Å². The molecule has 4 fully saturated rings. The Kier molecular flexibility index (Phi) is 6.92. The molecule has 0 aromatic carbocycles. The molecule has 0 aromatic heterocycles. The van der Waals surface area contributed by atoms with E-state index >= 15 is 0 Å². The Hall–Kier alpha value is -1.52. The fourth-order valence-corrected chi connectivity index (χ4v) is 11.6. The van der Waals surface area contributed by atoms with Crippen LogP contribution in [-0.2, 0) is 9.53 Å². The van der Waals surface area contributed by atoms with Crippen LogP contribution < -0.4 is 5.32 Å². The highest BCUT2D eigenvalue weighted by atomic mass is 16.6. The molecule has 0 aliphatic heterocycles. The van der Waals surface area contributed by atoms with Gasteiger partial charge in [-0.3, -0.25) is 4.79 Å². The van der Waals surface area contributed by atoms with Gasteiger partial charge in [-0.25, -0.2) is 4.79 Å². The molecule has 5 aliphatic carbocycles. The van der Waals surface area contributed by atoms with Gasteiger partial charge in [-0.1, -0.05) is 60.1 Å². The molecule has 226 valence electrons. The van der Waals surface area contributed by atoms with Crippen molar-refractivity contribution in [3.63, 3.8) is 0 Å². The maximum atomic E-state index is 12.9. The van der Waals surface area contributed by atoms with Crippen LogP contribution >= 0.6 is 0 Å². The summed E-state index contributed by atoms with van der Waals surface area (Å²) in [7, 11) is 0. The third kappa shape index (κ3) is 4.05. The Morgan fingerprint density at radius 3 is 2.23 bits per heavy atom. The molecule has 40 heavy (non-hydrogen) atoms. The summed E-state index contributed by atoms with van der Waals surface area (Å²) in [5, 5.41) is 13.9. The Labute approximate surface area is 243 Å². The number of hydrogen-bond donors (Lipinski definition) is 2. The third-order valence-corrected chi connectivity index (χ3v) is 14.1. The Morgan fingerprint density at radius 2 is 1.60 bits per heavy atom. The molecular formula is C35H57NO4. The summed E-state index contributed by atoms with van der Waals surface area (Å²) in [5.74, 6) is 1.63. The molecule has 1 amide bonds. The SMILES string of the molecule is C[C@H]1[C@H](C)CC[C@]2(C(=O)O)CC[C@]3(C)C(=CC[C@@H]4[C@@]5(C)CC[C@H](NC(=O)OC(C)(C)C)C(C)(C)[C@@H]5CC[C@]43C)[C@H]12. The second-order valence-corrected chi connectivity index (χ2v) is 17.2. The number of alkyl carbamates (subject to hydrolysis) is 1. The van der Waals surface area contributed by atoms with Crippen LogP contribution in [-0.4, -0.2) is 28.8 Å². The van der Waals surface area contributed by atoms with Gasteiger partial charge in [-0.2, -0.15) is 0 Å². The largest absolute Gasteiger partial charge is 0.481 e. The van der Waals surface area contributed by atoms with Crippen LogP contribution in [0.15, 0.2) is 11.6 Å². The van der Waals surface area contributed by atoms with Crippen molar-refractivity contribution in [2.24, 2.45) is 56.7 Å². The number of rotatable bonds is 2. The van der Waals surface area contributed by atoms with Crippen LogP contribution in [0.4, 0.5) is 4.79 Å². The minimum Gasteiger partial charge on any atom is -0.481 e. The summed E-state index contributed by atoms with van der Waals surface area (Å²) in [6.45, 7) is 22.8. The molecule has 10 atom stereocenters. The highest BCUT2D eigenvalue weighted by molar-refractivity contribution is 5.76. The van der Waals surface area contributed by atoms with Gasteiger partial charge in [0.1, 0.15) is 5.60 Å². The number of allylic oxidation sites excluding steroid dienone is 2. The summed E-state index contributed by atoms with van der Waals surface area (Å²) in [6, 6.07) is 0.102. The van der Waals surface area contributed by atoms with Gasteiger partial charge in [0.25, 0.3) is 0 Å². The summed E-state index contributed by atoms with van der Waals surface area (Å²) in [4.78, 5) is 25.7. The van der Waals surface area contributed by atoms with E-state index in [0.29, 0.717) is 23.7 Å². The van der Waals surface area contributed by atoms with Crippen LogP contribution in [0.5, 0.6) is 0 Å². The zero-order chi connectivity index (χ0) is 29.7. The first-order chi connectivity index (χ1) is 18.3. The standard InChI is InChI=1S/C35H57NO4/c1-21-13-18-35(28(37)38)20-19-33(9)23(27(35)22(21)2)11-12-25-32(8)16-15-26(36-29(39)40-30(3,4)5)31(6,7)24(32)14-17-34(25,33)10/h11,21-22,24-27H,12-20H2,1-10H3,(H,36,39)(H,37,38)/t21-,22+,24+,25-,26+,27+,32+,33-,34-,35+/m1/s1. The lowest BCUT2D eigenvalue weighted by Crippen LogP contribution is -2.66. The molecule has 5 rings (SSSR count). The average Bonchev–Trinajstić information content (AvgIpc) is 2.82. The van der Waals surface area contributed by atoms with Gasteiger partial charge < -0.3 is 15.2 Å². The number of nitrogens with one attached hydrogen (secondary N) is 1. The van der Waals surface area contributed by atoms with E-state index in [1.54, 1.807) is 0 Å². The molecule has 5 aliphatic rings. The Morgan fingerprint density at radius 1 is 0.925 bits per heavy atom. The molecule has 0 saturated heterocycles.